The van der Waals surface area contributed by atoms with Crippen molar-refractivity contribution < 1.29 is 23.9 Å². The summed E-state index contributed by atoms with van der Waals surface area (Å²) in [6.45, 7) is 3.59. The van der Waals surface area contributed by atoms with E-state index in [4.69, 9.17) is 4.42 Å². The van der Waals surface area contributed by atoms with Gasteiger partial charge in [-0.2, -0.15) is 0 Å². The van der Waals surface area contributed by atoms with Crippen molar-refractivity contribution in [2.24, 2.45) is 5.92 Å². The number of carbonyl (C=O) groups is 3. The maximum absolute atomic E-state index is 12.2. The van der Waals surface area contributed by atoms with Crippen molar-refractivity contribution in [3.05, 3.63) is 24.2 Å². The number of hydrogen-bond donors (Lipinski definition) is 3. The number of urea groups is 1. The predicted octanol–water partition coefficient (Wildman–Crippen LogP) is 0.223. The third-order valence-corrected chi connectivity index (χ3v) is 3.74. The number of hydrogen-bond acceptors (Lipinski definition) is 5. The van der Waals surface area contributed by atoms with E-state index in [2.05, 4.69) is 10.6 Å². The number of imide groups is 1. The molecule has 0 bridgehead atoms. The third kappa shape index (κ3) is 4.10. The molecule has 1 saturated heterocycles. The minimum Gasteiger partial charge on any atom is -0.467 e. The van der Waals surface area contributed by atoms with Crippen molar-refractivity contribution >= 4 is 17.8 Å². The summed E-state index contributed by atoms with van der Waals surface area (Å²) in [4.78, 5) is 37.1. The Morgan fingerprint density at radius 3 is 2.78 bits per heavy atom. The standard InChI is InChI=1S/C15H21N3O5/c1-9(2)12(8-19)16-13(20)6-11-14(21)18(15(22)17-11)7-10-4-3-5-23-10/h3-5,9,11-12,19H,6-8H2,1-2H3,(H,16,20)(H,17,22)/t11-,12+/m0/s1. The Morgan fingerprint density at radius 2 is 2.22 bits per heavy atom. The molecule has 1 aliphatic rings. The summed E-state index contributed by atoms with van der Waals surface area (Å²) in [6.07, 6.45) is 1.29. The molecule has 0 unspecified atom stereocenters. The molecule has 2 rings (SSSR count). The minimum absolute atomic E-state index is 0.0288. The Kier molecular flexibility index (Phi) is 5.38. The van der Waals surface area contributed by atoms with Gasteiger partial charge in [0.15, 0.2) is 0 Å². The molecular weight excluding hydrogens is 302 g/mol. The van der Waals surface area contributed by atoms with Gasteiger partial charge in [-0.15, -0.1) is 0 Å². The minimum atomic E-state index is -0.899. The molecule has 0 aliphatic carbocycles. The van der Waals surface area contributed by atoms with Gasteiger partial charge in [0.25, 0.3) is 5.91 Å². The number of furan rings is 1. The van der Waals surface area contributed by atoms with Crippen LogP contribution in [0.1, 0.15) is 26.0 Å². The molecule has 8 heteroatoms. The van der Waals surface area contributed by atoms with Crippen molar-refractivity contribution in [1.82, 2.24) is 15.5 Å². The molecule has 1 aromatic rings. The summed E-state index contributed by atoms with van der Waals surface area (Å²) in [6, 6.07) is 1.50. The zero-order valence-corrected chi connectivity index (χ0v) is 13.1. The smallest absolute Gasteiger partial charge is 0.325 e. The Bertz CT molecular complexity index is 570. The predicted molar refractivity (Wildman–Crippen MR) is 80.0 cm³/mol. The van der Waals surface area contributed by atoms with Gasteiger partial charge in [-0.05, 0) is 18.1 Å². The summed E-state index contributed by atoms with van der Waals surface area (Å²) in [7, 11) is 0. The number of nitrogens with one attached hydrogen (secondary N) is 2. The molecular formula is C15H21N3O5. The lowest BCUT2D eigenvalue weighted by atomic mass is 10.0. The van der Waals surface area contributed by atoms with E-state index in [1.165, 1.54) is 6.26 Å². The normalized spacial score (nSPS) is 19.1. The molecule has 0 saturated carbocycles. The van der Waals surface area contributed by atoms with E-state index in [9.17, 15) is 19.5 Å². The Morgan fingerprint density at radius 1 is 1.48 bits per heavy atom. The zero-order valence-electron chi connectivity index (χ0n) is 13.1. The summed E-state index contributed by atoms with van der Waals surface area (Å²) in [5.41, 5.74) is 0. The lowest BCUT2D eigenvalue weighted by Crippen LogP contribution is -2.44. The lowest BCUT2D eigenvalue weighted by Gasteiger charge is -2.20. The zero-order chi connectivity index (χ0) is 17.0. The number of aliphatic hydroxyl groups is 1. The average molecular weight is 323 g/mol. The average Bonchev–Trinajstić information content (AvgIpc) is 3.09. The first-order valence-electron chi connectivity index (χ1n) is 7.46. The van der Waals surface area contributed by atoms with E-state index in [-0.39, 0.29) is 31.5 Å². The van der Waals surface area contributed by atoms with Crippen LogP contribution in [-0.2, 0) is 16.1 Å². The molecule has 2 atom stereocenters. The van der Waals surface area contributed by atoms with E-state index in [1.54, 1.807) is 12.1 Å². The van der Waals surface area contributed by atoms with Crippen LogP contribution in [0.5, 0.6) is 0 Å². The molecule has 0 radical (unpaired) electrons. The molecule has 1 fully saturated rings. The SMILES string of the molecule is CC(C)[C@@H](CO)NC(=O)C[C@@H]1NC(=O)N(Cc2ccco2)C1=O. The fourth-order valence-electron chi connectivity index (χ4n) is 2.30. The number of aliphatic hydroxyl groups excluding tert-OH is 1. The number of amides is 4. The van der Waals surface area contributed by atoms with Crippen LogP contribution in [0.15, 0.2) is 22.8 Å². The first-order valence-corrected chi connectivity index (χ1v) is 7.46. The van der Waals surface area contributed by atoms with E-state index in [0.717, 1.165) is 4.90 Å². The summed E-state index contributed by atoms with van der Waals surface area (Å²) >= 11 is 0. The second kappa shape index (κ2) is 7.28. The first-order chi connectivity index (χ1) is 10.9. The number of carbonyl (C=O) groups excluding carboxylic acids is 3. The second-order valence-corrected chi connectivity index (χ2v) is 5.81. The van der Waals surface area contributed by atoms with E-state index in [0.29, 0.717) is 5.76 Å². The molecule has 3 N–H and O–H groups in total. The molecule has 126 valence electrons. The van der Waals surface area contributed by atoms with Gasteiger partial charge in [-0.1, -0.05) is 13.8 Å². The van der Waals surface area contributed by atoms with Crippen LogP contribution in [0.4, 0.5) is 4.79 Å². The highest BCUT2D eigenvalue weighted by Gasteiger charge is 2.39. The van der Waals surface area contributed by atoms with Gasteiger partial charge in [-0.25, -0.2) is 4.79 Å². The fourth-order valence-corrected chi connectivity index (χ4v) is 2.30. The summed E-state index contributed by atoms with van der Waals surface area (Å²) in [5.74, 6) is -0.310. The highest BCUT2D eigenvalue weighted by molar-refractivity contribution is 6.05. The maximum atomic E-state index is 12.2. The molecule has 8 nitrogen and oxygen atoms in total. The van der Waals surface area contributed by atoms with Gasteiger partial charge in [-0.3, -0.25) is 14.5 Å². The summed E-state index contributed by atoms with van der Waals surface area (Å²) < 4.78 is 5.12. The van der Waals surface area contributed by atoms with Crippen LogP contribution in [0.25, 0.3) is 0 Å². The first kappa shape index (κ1) is 17.0. The van der Waals surface area contributed by atoms with Crippen LogP contribution in [0, 0.1) is 5.92 Å². The van der Waals surface area contributed by atoms with Gasteiger partial charge >= 0.3 is 6.03 Å². The molecule has 0 aromatic carbocycles. The highest BCUT2D eigenvalue weighted by Crippen LogP contribution is 2.14. The fraction of sp³-hybridized carbons (Fsp3) is 0.533. The monoisotopic (exact) mass is 323 g/mol. The van der Waals surface area contributed by atoms with Crippen molar-refractivity contribution in [1.29, 1.82) is 0 Å². The molecule has 23 heavy (non-hydrogen) atoms. The molecule has 1 aliphatic heterocycles. The quantitative estimate of drug-likeness (QED) is 0.622. The van der Waals surface area contributed by atoms with Crippen molar-refractivity contribution in [3.63, 3.8) is 0 Å². The Balaban J connectivity index is 1.92. The highest BCUT2D eigenvalue weighted by atomic mass is 16.3. The molecule has 4 amide bonds. The topological polar surface area (TPSA) is 112 Å². The number of rotatable bonds is 7. The van der Waals surface area contributed by atoms with Crippen LogP contribution in [0.2, 0.25) is 0 Å². The van der Waals surface area contributed by atoms with E-state index >= 15 is 0 Å². The lowest BCUT2D eigenvalue weighted by molar-refractivity contribution is -0.131. The van der Waals surface area contributed by atoms with Gasteiger partial charge in [0.2, 0.25) is 5.91 Å². The van der Waals surface area contributed by atoms with Crippen molar-refractivity contribution in [3.8, 4) is 0 Å². The van der Waals surface area contributed by atoms with Gasteiger partial charge in [0, 0.05) is 0 Å². The van der Waals surface area contributed by atoms with Crippen LogP contribution in [-0.4, -0.2) is 46.5 Å². The molecule has 2 heterocycles. The van der Waals surface area contributed by atoms with Gasteiger partial charge < -0.3 is 20.2 Å². The van der Waals surface area contributed by atoms with Gasteiger partial charge in [0.1, 0.15) is 11.8 Å². The second-order valence-electron chi connectivity index (χ2n) is 5.81. The number of nitrogens with zero attached hydrogens (tertiary/aromatic N) is 1. The van der Waals surface area contributed by atoms with E-state index in [1.807, 2.05) is 13.8 Å². The van der Waals surface area contributed by atoms with Crippen molar-refractivity contribution in [2.75, 3.05) is 6.61 Å². The molecule has 1 aromatic heterocycles. The largest absolute Gasteiger partial charge is 0.467 e. The van der Waals surface area contributed by atoms with Crippen LogP contribution in [0.3, 0.4) is 0 Å². The van der Waals surface area contributed by atoms with Gasteiger partial charge in [0.05, 0.1) is 31.9 Å². The molecule has 0 spiro atoms. The Labute approximate surface area is 133 Å². The Hall–Kier alpha value is -2.35. The third-order valence-electron chi connectivity index (χ3n) is 3.74. The van der Waals surface area contributed by atoms with Crippen molar-refractivity contribution in [2.45, 2.75) is 38.9 Å². The van der Waals surface area contributed by atoms with Crippen LogP contribution >= 0.6 is 0 Å². The maximum Gasteiger partial charge on any atom is 0.325 e. The van der Waals surface area contributed by atoms with E-state index < -0.39 is 23.9 Å². The summed E-state index contributed by atoms with van der Waals surface area (Å²) in [5, 5.41) is 14.4. The van der Waals surface area contributed by atoms with Crippen LogP contribution < -0.4 is 10.6 Å².